The largest absolute Gasteiger partial charge is 0.397 e. The van der Waals surface area contributed by atoms with Gasteiger partial charge >= 0.3 is 0 Å². The molecule has 1 saturated heterocycles. The van der Waals surface area contributed by atoms with E-state index in [0.29, 0.717) is 40.3 Å². The molecule has 0 amide bonds. The number of anilines is 2. The lowest BCUT2D eigenvalue weighted by atomic mass is 9.97. The van der Waals surface area contributed by atoms with Crippen LogP contribution >= 0.6 is 0 Å². The first-order valence-corrected chi connectivity index (χ1v) is 9.73. The molecule has 1 aromatic heterocycles. The average molecular weight is 392 g/mol. The molecule has 2 aromatic rings. The maximum absolute atomic E-state index is 7.99. The second-order valence-corrected chi connectivity index (χ2v) is 7.65. The summed E-state index contributed by atoms with van der Waals surface area (Å²) < 4.78 is 0. The Morgan fingerprint density at radius 2 is 1.90 bits per heavy atom. The highest BCUT2D eigenvalue weighted by Gasteiger charge is 2.24. The number of allylic oxidation sites excluding steroid dienone is 1. The van der Waals surface area contributed by atoms with Gasteiger partial charge in [-0.15, -0.1) is 0 Å². The summed E-state index contributed by atoms with van der Waals surface area (Å²) in [6.45, 7) is 7.82. The summed E-state index contributed by atoms with van der Waals surface area (Å²) in [6.07, 6.45) is 2.49. The van der Waals surface area contributed by atoms with Crippen molar-refractivity contribution in [1.29, 1.82) is 10.8 Å². The van der Waals surface area contributed by atoms with Crippen LogP contribution in [0.25, 0.3) is 11.3 Å². The fourth-order valence-electron chi connectivity index (χ4n) is 3.87. The van der Waals surface area contributed by atoms with Crippen molar-refractivity contribution in [3.05, 3.63) is 52.8 Å². The fraction of sp³-hybridized carbons (Fsp3) is 0.318. The van der Waals surface area contributed by atoms with Gasteiger partial charge in [-0.3, -0.25) is 4.98 Å². The van der Waals surface area contributed by atoms with Gasteiger partial charge in [0.1, 0.15) is 0 Å². The SMILES string of the molecule is Cc1cccc(/C(N)=C(/C=N)c2cc(C=N)c(N)c(N3C[C@@H](C)N[C@@H](C)C3)c2)n1. The van der Waals surface area contributed by atoms with Crippen LogP contribution in [-0.4, -0.2) is 42.6 Å². The van der Waals surface area contributed by atoms with Crippen molar-refractivity contribution in [2.24, 2.45) is 5.73 Å². The summed E-state index contributed by atoms with van der Waals surface area (Å²) in [5.74, 6) is 0. The van der Waals surface area contributed by atoms with Crippen molar-refractivity contribution in [2.45, 2.75) is 32.9 Å². The second kappa shape index (κ2) is 8.45. The van der Waals surface area contributed by atoms with Crippen molar-refractivity contribution in [1.82, 2.24) is 10.3 Å². The van der Waals surface area contributed by atoms with Gasteiger partial charge in [0, 0.05) is 54.4 Å². The molecule has 152 valence electrons. The van der Waals surface area contributed by atoms with Crippen LogP contribution in [0.3, 0.4) is 0 Å². The number of nitrogens with two attached hydrogens (primary N) is 2. The van der Waals surface area contributed by atoms with Gasteiger partial charge in [-0.05, 0) is 50.6 Å². The Bertz CT molecular complexity index is 954. The van der Waals surface area contributed by atoms with Crippen molar-refractivity contribution in [3.8, 4) is 0 Å². The summed E-state index contributed by atoms with van der Waals surface area (Å²) in [7, 11) is 0. The smallest absolute Gasteiger partial charge is 0.0869 e. The first-order chi connectivity index (χ1) is 13.8. The van der Waals surface area contributed by atoms with E-state index in [1.165, 1.54) is 12.4 Å². The van der Waals surface area contributed by atoms with E-state index in [4.69, 9.17) is 22.3 Å². The third-order valence-electron chi connectivity index (χ3n) is 5.15. The summed E-state index contributed by atoms with van der Waals surface area (Å²) >= 11 is 0. The van der Waals surface area contributed by atoms with Crippen LogP contribution in [0.2, 0.25) is 0 Å². The Morgan fingerprint density at radius 3 is 2.48 bits per heavy atom. The molecule has 0 saturated carbocycles. The Labute approximate surface area is 171 Å². The molecule has 2 atom stereocenters. The van der Waals surface area contributed by atoms with Crippen LogP contribution in [0.5, 0.6) is 0 Å². The topological polar surface area (TPSA) is 128 Å². The molecule has 7 N–H and O–H groups in total. The fourth-order valence-corrected chi connectivity index (χ4v) is 3.87. The van der Waals surface area contributed by atoms with E-state index in [9.17, 15) is 0 Å². The van der Waals surface area contributed by atoms with E-state index in [-0.39, 0.29) is 0 Å². The molecule has 0 spiro atoms. The molecule has 0 bridgehead atoms. The van der Waals surface area contributed by atoms with Gasteiger partial charge in [-0.1, -0.05) is 6.07 Å². The molecule has 1 aliphatic rings. The number of pyridine rings is 1. The zero-order valence-electron chi connectivity index (χ0n) is 17.2. The highest BCUT2D eigenvalue weighted by molar-refractivity contribution is 6.18. The van der Waals surface area contributed by atoms with Crippen LogP contribution in [0.4, 0.5) is 11.4 Å². The molecule has 7 heteroatoms. The minimum Gasteiger partial charge on any atom is -0.397 e. The monoisotopic (exact) mass is 391 g/mol. The van der Waals surface area contributed by atoms with E-state index in [1.807, 2.05) is 37.3 Å². The standard InChI is InChI=1S/C22H29N7/c1-13-5-4-6-19(28-13)22(26)18(10-24)16-7-17(9-23)21(25)20(8-16)29-11-14(2)27-15(3)12-29/h4-10,14-15,23-24,27H,11-12,25-26H2,1-3H3/b22-18+,23-9?,24-10?/t14-,15+. The Morgan fingerprint density at radius 1 is 1.21 bits per heavy atom. The van der Waals surface area contributed by atoms with Gasteiger partial charge in [0.05, 0.1) is 22.8 Å². The molecule has 1 aliphatic heterocycles. The normalized spacial score (nSPS) is 20.2. The van der Waals surface area contributed by atoms with Crippen LogP contribution in [0.1, 0.15) is 36.4 Å². The van der Waals surface area contributed by atoms with Crippen LogP contribution in [0.15, 0.2) is 30.3 Å². The van der Waals surface area contributed by atoms with Crippen LogP contribution in [0, 0.1) is 17.7 Å². The molecular formula is C22H29N7. The quantitative estimate of drug-likeness (QED) is 0.395. The lowest BCUT2D eigenvalue weighted by Crippen LogP contribution is -2.54. The zero-order chi connectivity index (χ0) is 21.1. The second-order valence-electron chi connectivity index (χ2n) is 7.65. The number of piperazine rings is 1. The van der Waals surface area contributed by atoms with Crippen LogP contribution < -0.4 is 21.7 Å². The van der Waals surface area contributed by atoms with Gasteiger partial charge in [0.25, 0.3) is 0 Å². The number of hydrogen-bond donors (Lipinski definition) is 5. The maximum atomic E-state index is 7.99. The average Bonchev–Trinajstić information content (AvgIpc) is 2.68. The Kier molecular flexibility index (Phi) is 5.98. The molecule has 3 rings (SSSR count). The molecule has 0 radical (unpaired) electrons. The van der Waals surface area contributed by atoms with Crippen LogP contribution in [-0.2, 0) is 0 Å². The molecule has 0 aliphatic carbocycles. The maximum Gasteiger partial charge on any atom is 0.0869 e. The Balaban J connectivity index is 2.14. The lowest BCUT2D eigenvalue weighted by Gasteiger charge is -2.38. The summed E-state index contributed by atoms with van der Waals surface area (Å²) in [5.41, 5.74) is 18.1. The molecule has 1 aromatic carbocycles. The van der Waals surface area contributed by atoms with E-state index in [2.05, 4.69) is 29.0 Å². The number of aryl methyl sites for hydroxylation is 1. The minimum atomic E-state index is 0.324. The van der Waals surface area contributed by atoms with E-state index >= 15 is 0 Å². The molecule has 29 heavy (non-hydrogen) atoms. The van der Waals surface area contributed by atoms with E-state index < -0.39 is 0 Å². The summed E-state index contributed by atoms with van der Waals surface area (Å²) in [6, 6.07) is 10.1. The number of nitrogens with one attached hydrogen (secondary N) is 3. The molecule has 7 nitrogen and oxygen atoms in total. The van der Waals surface area contributed by atoms with Gasteiger partial charge in [-0.25, -0.2) is 0 Å². The van der Waals surface area contributed by atoms with Crippen molar-refractivity contribution < 1.29 is 0 Å². The van der Waals surface area contributed by atoms with Gasteiger partial charge < -0.3 is 32.5 Å². The molecule has 0 unspecified atom stereocenters. The first-order valence-electron chi connectivity index (χ1n) is 9.73. The summed E-state index contributed by atoms with van der Waals surface area (Å²) in [5, 5.41) is 19.3. The number of rotatable bonds is 5. The van der Waals surface area contributed by atoms with Gasteiger partial charge in [-0.2, -0.15) is 0 Å². The summed E-state index contributed by atoms with van der Waals surface area (Å²) in [4.78, 5) is 6.72. The minimum absolute atomic E-state index is 0.324. The predicted molar refractivity (Wildman–Crippen MR) is 122 cm³/mol. The lowest BCUT2D eigenvalue weighted by molar-refractivity contribution is 0.407. The number of aromatic nitrogens is 1. The van der Waals surface area contributed by atoms with E-state index in [1.54, 1.807) is 0 Å². The predicted octanol–water partition coefficient (Wildman–Crippen LogP) is 2.63. The highest BCUT2D eigenvalue weighted by Crippen LogP contribution is 2.33. The number of hydrogen-bond acceptors (Lipinski definition) is 7. The van der Waals surface area contributed by atoms with Gasteiger partial charge in [0.15, 0.2) is 0 Å². The van der Waals surface area contributed by atoms with Crippen molar-refractivity contribution >= 4 is 35.1 Å². The molecule has 2 heterocycles. The first kappa shape index (κ1) is 20.5. The third kappa shape index (κ3) is 4.30. The third-order valence-corrected chi connectivity index (χ3v) is 5.15. The highest BCUT2D eigenvalue weighted by atomic mass is 15.2. The Hall–Kier alpha value is -3.19. The number of nitrogen functional groups attached to an aromatic ring is 1. The number of nitrogens with zero attached hydrogens (tertiary/aromatic N) is 2. The number of benzene rings is 1. The van der Waals surface area contributed by atoms with E-state index in [0.717, 1.165) is 30.0 Å². The van der Waals surface area contributed by atoms with Crippen molar-refractivity contribution in [3.63, 3.8) is 0 Å². The molecule has 1 fully saturated rings. The zero-order valence-corrected chi connectivity index (χ0v) is 17.2. The van der Waals surface area contributed by atoms with Gasteiger partial charge in [0.2, 0.25) is 0 Å². The van der Waals surface area contributed by atoms with Crippen molar-refractivity contribution in [2.75, 3.05) is 23.7 Å². The molecular weight excluding hydrogens is 362 g/mol.